The van der Waals surface area contributed by atoms with Crippen molar-refractivity contribution in [2.45, 2.75) is 17.7 Å². The molecule has 1 amide bonds. The zero-order valence-electron chi connectivity index (χ0n) is 10.4. The van der Waals surface area contributed by atoms with Crippen LogP contribution in [-0.2, 0) is 4.74 Å². The third kappa shape index (κ3) is 3.84. The van der Waals surface area contributed by atoms with Crippen molar-refractivity contribution in [3.63, 3.8) is 0 Å². The summed E-state index contributed by atoms with van der Waals surface area (Å²) in [6.45, 7) is 4.37. The van der Waals surface area contributed by atoms with Gasteiger partial charge in [-0.15, -0.1) is 0 Å². The SMILES string of the molecule is C=CCOC(=O)N1C[C@H](S)C[C@H]1/C=C/c1ccns1. The highest BCUT2D eigenvalue weighted by Crippen LogP contribution is 2.24. The van der Waals surface area contributed by atoms with Crippen LogP contribution in [0.5, 0.6) is 0 Å². The first-order valence-electron chi connectivity index (χ1n) is 6.02. The van der Waals surface area contributed by atoms with Gasteiger partial charge in [0.05, 0.1) is 6.04 Å². The average molecular weight is 296 g/mol. The Hall–Kier alpha value is -1.27. The minimum atomic E-state index is -0.310. The van der Waals surface area contributed by atoms with Crippen molar-refractivity contribution in [2.75, 3.05) is 13.2 Å². The Kier molecular flexibility index (Phi) is 5.04. The number of amides is 1. The van der Waals surface area contributed by atoms with Crippen molar-refractivity contribution < 1.29 is 9.53 Å². The van der Waals surface area contributed by atoms with E-state index in [9.17, 15) is 4.79 Å². The molecule has 19 heavy (non-hydrogen) atoms. The smallest absolute Gasteiger partial charge is 0.410 e. The van der Waals surface area contributed by atoms with E-state index in [1.54, 1.807) is 17.2 Å². The minimum absolute atomic E-state index is 0.0296. The van der Waals surface area contributed by atoms with Crippen LogP contribution in [0.4, 0.5) is 4.79 Å². The van der Waals surface area contributed by atoms with E-state index < -0.39 is 0 Å². The first-order chi connectivity index (χ1) is 9.20. The molecule has 4 nitrogen and oxygen atoms in total. The Morgan fingerprint density at radius 3 is 3.26 bits per heavy atom. The van der Waals surface area contributed by atoms with Gasteiger partial charge in [0.2, 0.25) is 0 Å². The molecule has 0 unspecified atom stereocenters. The van der Waals surface area contributed by atoms with Crippen LogP contribution in [0.3, 0.4) is 0 Å². The predicted octanol–water partition coefficient (Wildman–Crippen LogP) is 2.85. The number of ether oxygens (including phenoxy) is 1. The molecule has 0 spiro atoms. The van der Waals surface area contributed by atoms with Gasteiger partial charge in [0.15, 0.2) is 0 Å². The second kappa shape index (κ2) is 6.77. The molecule has 0 bridgehead atoms. The highest BCUT2D eigenvalue weighted by Gasteiger charge is 2.32. The first kappa shape index (κ1) is 14.1. The summed E-state index contributed by atoms with van der Waals surface area (Å²) >= 11 is 5.88. The fourth-order valence-corrected chi connectivity index (χ4v) is 2.86. The van der Waals surface area contributed by atoms with Gasteiger partial charge in [-0.1, -0.05) is 18.7 Å². The summed E-state index contributed by atoms with van der Waals surface area (Å²) in [6, 6.07) is 1.97. The molecule has 0 aromatic carbocycles. The molecule has 0 saturated carbocycles. The molecule has 2 heterocycles. The van der Waals surface area contributed by atoms with E-state index in [1.807, 2.05) is 18.2 Å². The molecule has 1 aromatic heterocycles. The topological polar surface area (TPSA) is 42.4 Å². The maximum absolute atomic E-state index is 11.9. The van der Waals surface area contributed by atoms with E-state index in [-0.39, 0.29) is 24.0 Å². The Morgan fingerprint density at radius 2 is 2.58 bits per heavy atom. The number of nitrogens with zero attached hydrogens (tertiary/aromatic N) is 2. The summed E-state index contributed by atoms with van der Waals surface area (Å²) < 4.78 is 9.12. The number of hydrogen-bond acceptors (Lipinski definition) is 5. The van der Waals surface area contributed by atoms with E-state index >= 15 is 0 Å². The van der Waals surface area contributed by atoms with Crippen molar-refractivity contribution in [1.29, 1.82) is 0 Å². The maximum atomic E-state index is 11.9. The number of likely N-dealkylation sites (tertiary alicyclic amines) is 1. The van der Waals surface area contributed by atoms with Gasteiger partial charge in [0.1, 0.15) is 6.61 Å². The Bertz CT molecular complexity index is 459. The summed E-state index contributed by atoms with van der Waals surface area (Å²) in [5.41, 5.74) is 0. The van der Waals surface area contributed by atoms with Crippen molar-refractivity contribution in [1.82, 2.24) is 9.27 Å². The largest absolute Gasteiger partial charge is 0.445 e. The Balaban J connectivity index is 2.00. The first-order valence-corrected chi connectivity index (χ1v) is 7.31. The number of carbonyl (C=O) groups excluding carboxylic acids is 1. The molecular weight excluding hydrogens is 280 g/mol. The highest BCUT2D eigenvalue weighted by molar-refractivity contribution is 7.81. The van der Waals surface area contributed by atoms with Crippen LogP contribution in [0, 0.1) is 0 Å². The molecular formula is C13H16N2O2S2. The molecule has 1 saturated heterocycles. The number of thiol groups is 1. The van der Waals surface area contributed by atoms with Gasteiger partial charge in [0.25, 0.3) is 0 Å². The molecule has 0 N–H and O–H groups in total. The summed E-state index contributed by atoms with van der Waals surface area (Å²) in [4.78, 5) is 14.7. The van der Waals surface area contributed by atoms with E-state index in [0.717, 1.165) is 11.3 Å². The molecule has 2 rings (SSSR count). The molecule has 2 atom stereocenters. The third-order valence-electron chi connectivity index (χ3n) is 2.82. The van der Waals surface area contributed by atoms with E-state index in [0.29, 0.717) is 6.54 Å². The normalized spacial score (nSPS) is 22.9. The molecule has 1 fully saturated rings. The lowest BCUT2D eigenvalue weighted by molar-refractivity contribution is 0.114. The van der Waals surface area contributed by atoms with E-state index in [1.165, 1.54) is 11.5 Å². The van der Waals surface area contributed by atoms with Crippen molar-refractivity contribution in [3.8, 4) is 0 Å². The van der Waals surface area contributed by atoms with Crippen molar-refractivity contribution >= 4 is 36.3 Å². The number of hydrogen-bond donors (Lipinski definition) is 1. The van der Waals surface area contributed by atoms with Crippen LogP contribution in [0.25, 0.3) is 6.08 Å². The quantitative estimate of drug-likeness (QED) is 0.686. The van der Waals surface area contributed by atoms with Crippen LogP contribution in [0.15, 0.2) is 31.0 Å². The molecule has 0 radical (unpaired) electrons. The van der Waals surface area contributed by atoms with Gasteiger partial charge in [-0.3, -0.25) is 0 Å². The summed E-state index contributed by atoms with van der Waals surface area (Å²) in [5.74, 6) is 0. The van der Waals surface area contributed by atoms with Crippen LogP contribution < -0.4 is 0 Å². The number of carbonyl (C=O) groups is 1. The van der Waals surface area contributed by atoms with Gasteiger partial charge in [0, 0.05) is 22.9 Å². The number of rotatable bonds is 4. The Morgan fingerprint density at radius 1 is 1.74 bits per heavy atom. The molecule has 6 heteroatoms. The second-order valence-electron chi connectivity index (χ2n) is 4.25. The van der Waals surface area contributed by atoms with Gasteiger partial charge < -0.3 is 9.64 Å². The molecule has 1 aliphatic rings. The van der Waals surface area contributed by atoms with Gasteiger partial charge in [-0.2, -0.15) is 12.6 Å². The monoisotopic (exact) mass is 296 g/mol. The number of aromatic nitrogens is 1. The van der Waals surface area contributed by atoms with E-state index in [2.05, 4.69) is 23.6 Å². The lowest BCUT2D eigenvalue weighted by Crippen LogP contribution is -2.35. The van der Waals surface area contributed by atoms with Crippen molar-refractivity contribution in [3.05, 3.63) is 35.9 Å². The van der Waals surface area contributed by atoms with Gasteiger partial charge in [-0.05, 0) is 30.1 Å². The van der Waals surface area contributed by atoms with Crippen LogP contribution in [-0.4, -0.2) is 39.8 Å². The third-order valence-corrected chi connectivity index (χ3v) is 3.91. The molecule has 102 valence electrons. The predicted molar refractivity (Wildman–Crippen MR) is 80.6 cm³/mol. The summed E-state index contributed by atoms with van der Waals surface area (Å²) in [5, 5.41) is 0.187. The lowest BCUT2D eigenvalue weighted by atomic mass is 10.2. The standard InChI is InChI=1S/C13H16N2O2S2/c1-2-7-17-13(16)15-9-11(18)8-10(15)3-4-12-5-6-14-19-12/h2-6,10-11,18H,1,7-9H2/b4-3+/t10-,11-/m1/s1. The average Bonchev–Trinajstić information content (AvgIpc) is 3.02. The molecule has 0 aliphatic carbocycles. The van der Waals surface area contributed by atoms with Crippen LogP contribution in [0.1, 0.15) is 11.3 Å². The lowest BCUT2D eigenvalue weighted by Gasteiger charge is -2.20. The van der Waals surface area contributed by atoms with Gasteiger partial charge >= 0.3 is 6.09 Å². The van der Waals surface area contributed by atoms with E-state index in [4.69, 9.17) is 4.74 Å². The minimum Gasteiger partial charge on any atom is -0.445 e. The molecule has 1 aromatic rings. The summed E-state index contributed by atoms with van der Waals surface area (Å²) in [7, 11) is 0. The Labute approximate surface area is 122 Å². The zero-order valence-corrected chi connectivity index (χ0v) is 12.1. The summed E-state index contributed by atoms with van der Waals surface area (Å²) in [6.07, 6.45) is 7.85. The van der Waals surface area contributed by atoms with Crippen LogP contribution in [0.2, 0.25) is 0 Å². The second-order valence-corrected chi connectivity index (χ2v) is 5.84. The van der Waals surface area contributed by atoms with Crippen LogP contribution >= 0.6 is 24.2 Å². The molecule has 1 aliphatic heterocycles. The fourth-order valence-electron chi connectivity index (χ4n) is 1.97. The zero-order chi connectivity index (χ0) is 13.7. The highest BCUT2D eigenvalue weighted by atomic mass is 32.1. The fraction of sp³-hybridized carbons (Fsp3) is 0.385. The maximum Gasteiger partial charge on any atom is 0.410 e. The van der Waals surface area contributed by atoms with Gasteiger partial charge in [-0.25, -0.2) is 9.17 Å². The van der Waals surface area contributed by atoms with Crippen molar-refractivity contribution in [2.24, 2.45) is 0 Å².